The van der Waals surface area contributed by atoms with Gasteiger partial charge in [-0.15, -0.1) is 0 Å². The van der Waals surface area contributed by atoms with Gasteiger partial charge in [0.1, 0.15) is 12.6 Å². The Hall–Kier alpha value is -2.67. The van der Waals surface area contributed by atoms with Crippen LogP contribution in [0.25, 0.3) is 0 Å². The molecule has 7 heteroatoms. The van der Waals surface area contributed by atoms with Crippen LogP contribution in [0.1, 0.15) is 24.1 Å². The van der Waals surface area contributed by atoms with E-state index in [-0.39, 0.29) is 24.5 Å². The number of hydrogen-bond donors (Lipinski definition) is 1. The molecular weight excluding hydrogens is 344 g/mol. The van der Waals surface area contributed by atoms with E-state index >= 15 is 0 Å². The Kier molecular flexibility index (Phi) is 6.52. The Morgan fingerprint density at radius 3 is 2.46 bits per heavy atom. The lowest BCUT2D eigenvalue weighted by molar-refractivity contribution is -0.174. The molecule has 0 aromatic heterocycles. The first-order chi connectivity index (χ1) is 12.4. The number of halogens is 2. The summed E-state index contributed by atoms with van der Waals surface area (Å²) in [6.45, 7) is 1.52. The molecule has 0 radical (unpaired) electrons. The van der Waals surface area contributed by atoms with Crippen LogP contribution in [0.4, 0.5) is 8.78 Å². The summed E-state index contributed by atoms with van der Waals surface area (Å²) in [7, 11) is 1.44. The third-order valence-electron chi connectivity index (χ3n) is 3.72. The predicted octanol–water partition coefficient (Wildman–Crippen LogP) is 3.47. The minimum Gasteiger partial charge on any atom is -0.493 e. The molecule has 0 amide bonds. The molecule has 0 aliphatic heterocycles. The van der Waals surface area contributed by atoms with Crippen molar-refractivity contribution in [1.29, 1.82) is 0 Å². The highest BCUT2D eigenvalue weighted by Crippen LogP contribution is 2.36. The molecule has 0 fully saturated rings. The number of nitrogens with two attached hydrogens (primary N) is 1. The fourth-order valence-electron chi connectivity index (χ4n) is 2.30. The average Bonchev–Trinajstić information content (AvgIpc) is 2.66. The molecule has 2 aromatic carbocycles. The lowest BCUT2D eigenvalue weighted by Crippen LogP contribution is -2.41. The number of carbonyl (C=O) groups excluding carboxylic acids is 1. The number of hydrogen-bond acceptors (Lipinski definition) is 5. The molecule has 0 spiro atoms. The van der Waals surface area contributed by atoms with Crippen LogP contribution in [0.2, 0.25) is 0 Å². The van der Waals surface area contributed by atoms with Crippen LogP contribution in [-0.4, -0.2) is 25.6 Å². The van der Waals surface area contributed by atoms with Gasteiger partial charge in [0, 0.05) is 0 Å². The summed E-state index contributed by atoms with van der Waals surface area (Å²) in [5.74, 6) is -4.89. The van der Waals surface area contributed by atoms with Gasteiger partial charge in [0.2, 0.25) is 0 Å². The van der Waals surface area contributed by atoms with Crippen molar-refractivity contribution in [3.8, 4) is 11.5 Å². The second kappa shape index (κ2) is 8.62. The highest BCUT2D eigenvalue weighted by Gasteiger charge is 2.48. The number of alkyl halides is 2. The molecule has 26 heavy (non-hydrogen) atoms. The Bertz CT molecular complexity index is 738. The van der Waals surface area contributed by atoms with Crippen LogP contribution in [0.15, 0.2) is 48.5 Å². The molecule has 1 atom stereocenters. The van der Waals surface area contributed by atoms with Gasteiger partial charge in [-0.1, -0.05) is 36.4 Å². The van der Waals surface area contributed by atoms with Crippen molar-refractivity contribution >= 4 is 5.97 Å². The maximum atomic E-state index is 14.2. The minimum atomic E-state index is -3.86. The lowest BCUT2D eigenvalue weighted by Gasteiger charge is -2.22. The monoisotopic (exact) mass is 365 g/mol. The Labute approximate surface area is 150 Å². The summed E-state index contributed by atoms with van der Waals surface area (Å²) in [5.41, 5.74) is 6.56. The van der Waals surface area contributed by atoms with Crippen LogP contribution in [-0.2, 0) is 16.1 Å². The largest absolute Gasteiger partial charge is 0.493 e. The molecule has 140 valence electrons. The molecule has 0 aliphatic carbocycles. The van der Waals surface area contributed by atoms with E-state index in [2.05, 4.69) is 4.74 Å². The average molecular weight is 365 g/mol. The summed E-state index contributed by atoms with van der Waals surface area (Å²) >= 11 is 0. The SMILES string of the molecule is CCOC(=O)C(F)(F)[C@H](N)c1ccc(OC)c(OCc2ccccc2)c1. The quantitative estimate of drug-likeness (QED) is 0.726. The topological polar surface area (TPSA) is 70.8 Å². The van der Waals surface area contributed by atoms with Crippen LogP contribution < -0.4 is 15.2 Å². The molecular formula is C19H21F2NO4. The molecule has 0 aliphatic rings. The molecule has 2 rings (SSSR count). The second-order valence-electron chi connectivity index (χ2n) is 5.51. The van der Waals surface area contributed by atoms with Crippen molar-refractivity contribution in [2.45, 2.75) is 25.5 Å². The standard InChI is InChI=1S/C19H21F2NO4/c1-3-25-18(23)19(20,21)17(22)14-9-10-15(24-2)16(11-14)26-12-13-7-5-4-6-8-13/h4-11,17H,3,12,22H2,1-2H3/t17-/m1/s1. The van der Waals surface area contributed by atoms with E-state index in [1.54, 1.807) is 0 Å². The molecule has 2 N–H and O–H groups in total. The maximum absolute atomic E-state index is 14.2. The van der Waals surface area contributed by atoms with E-state index in [1.165, 1.54) is 32.2 Å². The lowest BCUT2D eigenvalue weighted by atomic mass is 10.0. The van der Waals surface area contributed by atoms with Gasteiger partial charge in [-0.3, -0.25) is 0 Å². The summed E-state index contributed by atoms with van der Waals surface area (Å²) in [4.78, 5) is 11.5. The Morgan fingerprint density at radius 1 is 1.15 bits per heavy atom. The minimum absolute atomic E-state index is 0.0342. The van der Waals surface area contributed by atoms with E-state index in [9.17, 15) is 13.6 Å². The van der Waals surface area contributed by atoms with Crippen LogP contribution in [0.5, 0.6) is 11.5 Å². The number of ether oxygens (including phenoxy) is 3. The zero-order valence-electron chi connectivity index (χ0n) is 14.6. The van der Waals surface area contributed by atoms with Gasteiger partial charge in [0.05, 0.1) is 13.7 Å². The Morgan fingerprint density at radius 2 is 1.85 bits per heavy atom. The molecule has 0 unspecified atom stereocenters. The maximum Gasteiger partial charge on any atom is 0.379 e. The van der Waals surface area contributed by atoms with E-state index in [4.69, 9.17) is 15.2 Å². The number of benzene rings is 2. The van der Waals surface area contributed by atoms with Crippen molar-refractivity contribution < 1.29 is 27.8 Å². The first kappa shape index (κ1) is 19.7. The van der Waals surface area contributed by atoms with Gasteiger partial charge in [0.25, 0.3) is 0 Å². The number of esters is 1. The predicted molar refractivity (Wildman–Crippen MR) is 92.3 cm³/mol. The summed E-state index contributed by atoms with van der Waals surface area (Å²) in [6, 6.07) is 11.7. The van der Waals surface area contributed by atoms with Crippen molar-refractivity contribution in [2.75, 3.05) is 13.7 Å². The van der Waals surface area contributed by atoms with Gasteiger partial charge in [-0.25, -0.2) is 4.79 Å². The molecule has 0 saturated heterocycles. The second-order valence-corrected chi connectivity index (χ2v) is 5.51. The normalized spacial score (nSPS) is 12.3. The van der Waals surface area contributed by atoms with E-state index in [0.29, 0.717) is 5.75 Å². The fraction of sp³-hybridized carbons (Fsp3) is 0.316. The summed E-state index contributed by atoms with van der Waals surface area (Å²) in [5, 5.41) is 0. The third-order valence-corrected chi connectivity index (χ3v) is 3.72. The summed E-state index contributed by atoms with van der Waals surface area (Å²) < 4.78 is 43.6. The van der Waals surface area contributed by atoms with Crippen molar-refractivity contribution in [2.24, 2.45) is 5.73 Å². The van der Waals surface area contributed by atoms with E-state index in [0.717, 1.165) is 5.56 Å². The van der Waals surface area contributed by atoms with Gasteiger partial charge in [0.15, 0.2) is 11.5 Å². The van der Waals surface area contributed by atoms with Crippen molar-refractivity contribution in [3.05, 3.63) is 59.7 Å². The molecule has 0 saturated carbocycles. The first-order valence-corrected chi connectivity index (χ1v) is 8.05. The Balaban J connectivity index is 2.23. The number of carbonyl (C=O) groups is 1. The summed E-state index contributed by atoms with van der Waals surface area (Å²) in [6.07, 6.45) is 0. The van der Waals surface area contributed by atoms with Crippen LogP contribution in [0.3, 0.4) is 0 Å². The molecule has 2 aromatic rings. The van der Waals surface area contributed by atoms with Crippen molar-refractivity contribution in [1.82, 2.24) is 0 Å². The molecule has 0 bridgehead atoms. The first-order valence-electron chi connectivity index (χ1n) is 8.05. The van der Waals surface area contributed by atoms with Gasteiger partial charge in [-0.05, 0) is 30.2 Å². The smallest absolute Gasteiger partial charge is 0.379 e. The third kappa shape index (κ3) is 4.49. The van der Waals surface area contributed by atoms with Crippen LogP contribution >= 0.6 is 0 Å². The highest BCUT2D eigenvalue weighted by atomic mass is 19.3. The van der Waals surface area contributed by atoms with Gasteiger partial charge in [-0.2, -0.15) is 8.78 Å². The fourth-order valence-corrected chi connectivity index (χ4v) is 2.30. The number of rotatable bonds is 8. The number of methoxy groups -OCH3 is 1. The molecule has 5 nitrogen and oxygen atoms in total. The van der Waals surface area contributed by atoms with E-state index < -0.39 is 17.9 Å². The van der Waals surface area contributed by atoms with Crippen molar-refractivity contribution in [3.63, 3.8) is 0 Å². The zero-order valence-corrected chi connectivity index (χ0v) is 14.6. The van der Waals surface area contributed by atoms with Crippen LogP contribution in [0, 0.1) is 0 Å². The molecule has 0 heterocycles. The van der Waals surface area contributed by atoms with Gasteiger partial charge < -0.3 is 19.9 Å². The zero-order chi connectivity index (χ0) is 19.2. The highest BCUT2D eigenvalue weighted by molar-refractivity contribution is 5.79. The van der Waals surface area contributed by atoms with E-state index in [1.807, 2.05) is 30.3 Å². The van der Waals surface area contributed by atoms with Gasteiger partial charge >= 0.3 is 11.9 Å².